The van der Waals surface area contributed by atoms with Crippen LogP contribution in [-0.2, 0) is 28.6 Å². The number of carbonyl (C=O) groups is 3. The fourth-order valence-electron chi connectivity index (χ4n) is 5.76. The zero-order chi connectivity index (χ0) is 35.9. The molecule has 0 radical (unpaired) electrons. The molecule has 0 unspecified atom stereocenters. The third-order valence-corrected chi connectivity index (χ3v) is 8.90. The van der Waals surface area contributed by atoms with Gasteiger partial charge in [-0.25, -0.2) is 0 Å². The van der Waals surface area contributed by atoms with Gasteiger partial charge in [0.1, 0.15) is 13.2 Å². The summed E-state index contributed by atoms with van der Waals surface area (Å²) >= 11 is 0. The molecule has 6 nitrogen and oxygen atoms in total. The number of rotatable bonds is 37. The minimum atomic E-state index is -0.768. The molecule has 0 aliphatic heterocycles. The molecule has 0 heterocycles. The lowest BCUT2D eigenvalue weighted by molar-refractivity contribution is -0.166. The quantitative estimate of drug-likeness (QED) is 0.0279. The molecule has 0 fully saturated rings. The summed E-state index contributed by atoms with van der Waals surface area (Å²) in [5.41, 5.74) is 0. The maximum atomic E-state index is 12.3. The van der Waals surface area contributed by atoms with E-state index in [9.17, 15) is 14.4 Å². The first-order valence-electron chi connectivity index (χ1n) is 20.8. The van der Waals surface area contributed by atoms with Crippen molar-refractivity contribution in [1.82, 2.24) is 0 Å². The number of unbranched alkanes of at least 4 members (excludes halogenated alkanes) is 22. The van der Waals surface area contributed by atoms with Crippen LogP contribution < -0.4 is 0 Å². The molecule has 49 heavy (non-hydrogen) atoms. The largest absolute Gasteiger partial charge is 0.462 e. The van der Waals surface area contributed by atoms with E-state index in [0.29, 0.717) is 19.3 Å². The fraction of sp³-hybridized carbons (Fsp3) is 0.837. The number of carbonyl (C=O) groups excluding carboxylic acids is 3. The molecule has 6 heteroatoms. The fourth-order valence-corrected chi connectivity index (χ4v) is 5.76. The van der Waals surface area contributed by atoms with Crippen molar-refractivity contribution in [3.63, 3.8) is 0 Å². The number of allylic oxidation sites excluding steroid dienone is 4. The molecule has 0 aliphatic carbocycles. The van der Waals surface area contributed by atoms with Gasteiger partial charge in [-0.3, -0.25) is 14.4 Å². The van der Waals surface area contributed by atoms with Gasteiger partial charge in [-0.15, -0.1) is 0 Å². The normalized spacial score (nSPS) is 11.6. The number of ether oxygens (including phenoxy) is 3. The van der Waals surface area contributed by atoms with Crippen LogP contribution in [0.3, 0.4) is 0 Å². The monoisotopic (exact) mass is 691 g/mol. The molecule has 0 saturated carbocycles. The predicted octanol–water partition coefficient (Wildman–Crippen LogP) is 12.9. The maximum Gasteiger partial charge on any atom is 0.306 e. The number of hydrogen-bond acceptors (Lipinski definition) is 6. The summed E-state index contributed by atoms with van der Waals surface area (Å²) in [6, 6.07) is 0. The van der Waals surface area contributed by atoms with Gasteiger partial charge in [0.05, 0.1) is 0 Å². The molecule has 0 spiro atoms. The summed E-state index contributed by atoms with van der Waals surface area (Å²) in [7, 11) is 0. The summed E-state index contributed by atoms with van der Waals surface area (Å²) in [4.78, 5) is 36.7. The minimum Gasteiger partial charge on any atom is -0.462 e. The van der Waals surface area contributed by atoms with Gasteiger partial charge in [0, 0.05) is 19.3 Å². The SMILES string of the molecule is CCCCCCCC/C=C/CCCCCCCC(=O)OCC(COC(=O)CCCCCCC/C=C/CCCCCCCC)OC(=O)CCC. The molecule has 0 bridgehead atoms. The molecular weight excluding hydrogens is 612 g/mol. The van der Waals surface area contributed by atoms with Gasteiger partial charge in [-0.1, -0.05) is 148 Å². The second-order valence-electron chi connectivity index (χ2n) is 13.9. The van der Waals surface area contributed by atoms with E-state index in [1.165, 1.54) is 116 Å². The lowest BCUT2D eigenvalue weighted by Crippen LogP contribution is -2.30. The van der Waals surface area contributed by atoms with Crippen LogP contribution in [0.2, 0.25) is 0 Å². The van der Waals surface area contributed by atoms with Crippen molar-refractivity contribution in [2.75, 3.05) is 13.2 Å². The maximum absolute atomic E-state index is 12.3. The van der Waals surface area contributed by atoms with Crippen LogP contribution in [0.15, 0.2) is 24.3 Å². The highest BCUT2D eigenvalue weighted by atomic mass is 16.6. The van der Waals surface area contributed by atoms with E-state index >= 15 is 0 Å². The Balaban J connectivity index is 3.94. The first kappa shape index (κ1) is 46.9. The third kappa shape index (κ3) is 37.0. The van der Waals surface area contributed by atoms with Gasteiger partial charge in [0.15, 0.2) is 6.10 Å². The molecular formula is C43H78O6. The van der Waals surface area contributed by atoms with Gasteiger partial charge >= 0.3 is 17.9 Å². The average molecular weight is 691 g/mol. The second-order valence-corrected chi connectivity index (χ2v) is 13.9. The topological polar surface area (TPSA) is 78.9 Å². The van der Waals surface area contributed by atoms with Crippen molar-refractivity contribution < 1.29 is 28.6 Å². The van der Waals surface area contributed by atoms with Crippen LogP contribution in [0, 0.1) is 0 Å². The lowest BCUT2D eigenvalue weighted by Gasteiger charge is -2.18. The van der Waals surface area contributed by atoms with Gasteiger partial charge in [-0.2, -0.15) is 0 Å². The zero-order valence-corrected chi connectivity index (χ0v) is 32.5. The molecule has 0 amide bonds. The van der Waals surface area contributed by atoms with Crippen LogP contribution >= 0.6 is 0 Å². The van der Waals surface area contributed by atoms with Crippen molar-refractivity contribution in [2.45, 2.75) is 219 Å². The summed E-state index contributed by atoms with van der Waals surface area (Å²) < 4.78 is 16.3. The molecule has 0 saturated heterocycles. The number of hydrogen-bond donors (Lipinski definition) is 0. The summed E-state index contributed by atoms with van der Waals surface area (Å²) in [6.45, 7) is 6.25. The highest BCUT2D eigenvalue weighted by molar-refractivity contribution is 5.71. The molecule has 0 aromatic rings. The average Bonchev–Trinajstić information content (AvgIpc) is 3.09. The predicted molar refractivity (Wildman–Crippen MR) is 206 cm³/mol. The van der Waals surface area contributed by atoms with E-state index in [1.54, 1.807) is 0 Å². The standard InChI is InChI=1S/C43H78O6/c1-4-7-9-11-13-15-17-19-21-23-25-27-29-31-33-36-41(44)47-38-40(49-43(46)35-6-3)39-48-42(45)37-34-32-30-28-26-24-22-20-18-16-14-12-10-8-5-2/h19-22,40H,4-18,23-39H2,1-3H3/b21-19+,22-20+. The zero-order valence-electron chi connectivity index (χ0n) is 32.5. The molecule has 0 atom stereocenters. The van der Waals surface area contributed by atoms with Crippen molar-refractivity contribution in [3.05, 3.63) is 24.3 Å². The van der Waals surface area contributed by atoms with Crippen molar-refractivity contribution in [1.29, 1.82) is 0 Å². The van der Waals surface area contributed by atoms with Crippen LogP contribution in [-0.4, -0.2) is 37.2 Å². The van der Waals surface area contributed by atoms with E-state index in [0.717, 1.165) is 51.4 Å². The second kappa shape index (κ2) is 38.7. The first-order chi connectivity index (χ1) is 24.0. The molecule has 0 rings (SSSR count). The van der Waals surface area contributed by atoms with Crippen molar-refractivity contribution in [3.8, 4) is 0 Å². The highest BCUT2D eigenvalue weighted by Gasteiger charge is 2.19. The van der Waals surface area contributed by atoms with Crippen LogP contribution in [0.25, 0.3) is 0 Å². The Morgan fingerprint density at radius 3 is 1.06 bits per heavy atom. The smallest absolute Gasteiger partial charge is 0.306 e. The Labute approximate surface area is 303 Å². The summed E-state index contributed by atoms with van der Waals surface area (Å²) in [5, 5.41) is 0. The van der Waals surface area contributed by atoms with Gasteiger partial charge in [-0.05, 0) is 70.6 Å². The van der Waals surface area contributed by atoms with Crippen LogP contribution in [0.4, 0.5) is 0 Å². The third-order valence-electron chi connectivity index (χ3n) is 8.90. The number of esters is 3. The first-order valence-corrected chi connectivity index (χ1v) is 20.8. The molecule has 0 aromatic carbocycles. The molecule has 0 aliphatic rings. The van der Waals surface area contributed by atoms with Crippen molar-refractivity contribution >= 4 is 17.9 Å². The summed E-state index contributed by atoms with van der Waals surface area (Å²) in [6.07, 6.45) is 41.6. The Hall–Kier alpha value is -2.11. The molecule has 286 valence electrons. The Bertz CT molecular complexity index is 748. The van der Waals surface area contributed by atoms with E-state index in [4.69, 9.17) is 14.2 Å². The van der Waals surface area contributed by atoms with Gasteiger partial charge in [0.25, 0.3) is 0 Å². The lowest BCUT2D eigenvalue weighted by atomic mass is 10.1. The summed E-state index contributed by atoms with van der Waals surface area (Å²) in [5.74, 6) is -0.961. The van der Waals surface area contributed by atoms with Crippen LogP contribution in [0.1, 0.15) is 213 Å². The Kier molecular flexibility index (Phi) is 37.0. The van der Waals surface area contributed by atoms with Crippen LogP contribution in [0.5, 0.6) is 0 Å². The van der Waals surface area contributed by atoms with Gasteiger partial charge < -0.3 is 14.2 Å². The van der Waals surface area contributed by atoms with E-state index in [-0.39, 0.29) is 37.5 Å². The van der Waals surface area contributed by atoms with E-state index in [2.05, 4.69) is 38.2 Å². The van der Waals surface area contributed by atoms with E-state index < -0.39 is 6.10 Å². The molecule has 0 aromatic heterocycles. The minimum absolute atomic E-state index is 0.0833. The van der Waals surface area contributed by atoms with E-state index in [1.807, 2.05) is 6.92 Å². The Morgan fingerprint density at radius 1 is 0.388 bits per heavy atom. The Morgan fingerprint density at radius 2 is 0.714 bits per heavy atom. The van der Waals surface area contributed by atoms with Crippen molar-refractivity contribution in [2.24, 2.45) is 0 Å². The van der Waals surface area contributed by atoms with Gasteiger partial charge in [0.2, 0.25) is 0 Å². The highest BCUT2D eigenvalue weighted by Crippen LogP contribution is 2.13. The molecule has 0 N–H and O–H groups in total.